The van der Waals surface area contributed by atoms with Crippen LogP contribution in [0.5, 0.6) is 11.5 Å². The number of hydrogen-bond donors (Lipinski definition) is 0. The molecule has 0 atom stereocenters. The van der Waals surface area contributed by atoms with Gasteiger partial charge in [-0.15, -0.1) is 0 Å². The van der Waals surface area contributed by atoms with Crippen LogP contribution >= 0.6 is 0 Å². The highest BCUT2D eigenvalue weighted by Gasteiger charge is 2.35. The zero-order chi connectivity index (χ0) is 27.6. The van der Waals surface area contributed by atoms with Crippen LogP contribution in [0.25, 0.3) is 23.0 Å². The molecule has 3 heterocycles. The smallest absolute Gasteiger partial charge is 0.271 e. The maximum Gasteiger partial charge on any atom is 0.271 e. The van der Waals surface area contributed by atoms with E-state index in [0.29, 0.717) is 41.5 Å². The maximum absolute atomic E-state index is 13.8. The molecule has 0 spiro atoms. The molecule has 0 N–H and O–H groups in total. The second-order valence-corrected chi connectivity index (χ2v) is 9.42. The summed E-state index contributed by atoms with van der Waals surface area (Å²) in [6.07, 6.45) is 3.54. The highest BCUT2D eigenvalue weighted by atomic mass is 16.6. The fourth-order valence-corrected chi connectivity index (χ4v) is 4.82. The first-order valence-electron chi connectivity index (χ1n) is 12.8. The average molecular weight is 529 g/mol. The van der Waals surface area contributed by atoms with Gasteiger partial charge in [0.25, 0.3) is 11.8 Å². The minimum atomic E-state index is -0.599. The Labute approximate surface area is 231 Å². The molecule has 4 aromatic rings. The second kappa shape index (κ2) is 10.4. The van der Waals surface area contributed by atoms with Gasteiger partial charge in [-0.1, -0.05) is 48.5 Å². The van der Waals surface area contributed by atoms with Crippen LogP contribution in [-0.2, 0) is 16.1 Å². The number of rotatable bonds is 5. The van der Waals surface area contributed by atoms with Crippen molar-refractivity contribution in [1.82, 2.24) is 14.7 Å². The lowest BCUT2D eigenvalue weighted by atomic mass is 9.93. The summed E-state index contributed by atoms with van der Waals surface area (Å²) in [4.78, 5) is 28.0. The normalized spacial score (nSPS) is 15.9. The predicted molar refractivity (Wildman–Crippen MR) is 148 cm³/mol. The third-order valence-electron chi connectivity index (χ3n) is 6.89. The number of benzene rings is 3. The van der Waals surface area contributed by atoms with Crippen molar-refractivity contribution in [3.63, 3.8) is 0 Å². The predicted octanol–water partition coefficient (Wildman–Crippen LogP) is 5.10. The Morgan fingerprint density at radius 2 is 1.62 bits per heavy atom. The van der Waals surface area contributed by atoms with E-state index in [9.17, 15) is 14.9 Å². The molecule has 0 saturated carbocycles. The van der Waals surface area contributed by atoms with E-state index in [1.54, 1.807) is 17.7 Å². The third-order valence-corrected chi connectivity index (χ3v) is 6.89. The van der Waals surface area contributed by atoms with Gasteiger partial charge in [-0.2, -0.15) is 10.4 Å². The van der Waals surface area contributed by atoms with E-state index in [-0.39, 0.29) is 17.7 Å². The number of nitrogens with zero attached hydrogens (tertiary/aromatic N) is 4. The Bertz CT molecular complexity index is 1730. The fraction of sp³-hybridized carbons (Fsp3) is 0.125. The van der Waals surface area contributed by atoms with Crippen molar-refractivity contribution in [2.24, 2.45) is 0 Å². The molecule has 6 rings (SSSR count). The van der Waals surface area contributed by atoms with Crippen LogP contribution in [0.1, 0.15) is 18.1 Å². The monoisotopic (exact) mass is 528 g/mol. The van der Waals surface area contributed by atoms with E-state index >= 15 is 0 Å². The molecule has 2 aliphatic heterocycles. The first-order valence-corrected chi connectivity index (χ1v) is 12.8. The molecule has 0 bridgehead atoms. The van der Waals surface area contributed by atoms with E-state index in [0.717, 1.165) is 21.7 Å². The van der Waals surface area contributed by atoms with Gasteiger partial charge in [-0.25, -0.2) is 4.68 Å². The van der Waals surface area contributed by atoms with Crippen molar-refractivity contribution in [3.05, 3.63) is 113 Å². The lowest BCUT2D eigenvalue weighted by Crippen LogP contribution is -2.42. The number of fused-ring (bicyclic) bond motifs is 1. The molecule has 0 radical (unpaired) electrons. The highest BCUT2D eigenvalue weighted by molar-refractivity contribution is 6.19. The third kappa shape index (κ3) is 4.54. The average Bonchev–Trinajstić information content (AvgIpc) is 3.42. The molecule has 1 aromatic heterocycles. The molecule has 3 aromatic carbocycles. The van der Waals surface area contributed by atoms with Crippen molar-refractivity contribution >= 4 is 17.9 Å². The van der Waals surface area contributed by atoms with Crippen LogP contribution in [0.4, 0.5) is 0 Å². The SMILES string of the molecule is CC1=C(C#N)C(=O)N(Cc2ccccc2)C(=O)/C1=C/c1cn(-c2ccccc2)nc1-c1ccc2c(c1)OCCO2. The standard InChI is InChI=1S/C32H24N4O4/c1-21-26(31(37)35(32(38)27(21)18-33)19-22-8-4-2-5-9-22)16-24-20-36(25-10-6-3-7-11-25)34-30(24)23-12-13-28-29(17-23)40-15-14-39-28/h2-13,16-17,20H,14-15,19H2,1H3/b26-16+. The molecule has 0 unspecified atom stereocenters. The van der Waals surface area contributed by atoms with Crippen LogP contribution in [0, 0.1) is 11.3 Å². The number of nitriles is 1. The molecular formula is C32H24N4O4. The van der Waals surface area contributed by atoms with Crippen molar-refractivity contribution < 1.29 is 19.1 Å². The molecule has 0 fully saturated rings. The van der Waals surface area contributed by atoms with Crippen LogP contribution in [0.2, 0.25) is 0 Å². The molecule has 2 aliphatic rings. The van der Waals surface area contributed by atoms with Gasteiger partial charge < -0.3 is 9.47 Å². The molecule has 40 heavy (non-hydrogen) atoms. The first kappa shape index (κ1) is 24.9. The van der Waals surface area contributed by atoms with Crippen LogP contribution in [-0.4, -0.2) is 39.7 Å². The maximum atomic E-state index is 13.8. The summed E-state index contributed by atoms with van der Waals surface area (Å²) in [5, 5.41) is 14.7. The summed E-state index contributed by atoms with van der Waals surface area (Å²) in [6.45, 7) is 2.63. The van der Waals surface area contributed by atoms with Crippen molar-refractivity contribution in [2.75, 3.05) is 13.2 Å². The summed E-state index contributed by atoms with van der Waals surface area (Å²) in [5.41, 5.74) is 4.20. The number of hydrogen-bond acceptors (Lipinski definition) is 6. The Morgan fingerprint density at radius 1 is 0.925 bits per heavy atom. The summed E-state index contributed by atoms with van der Waals surface area (Å²) < 4.78 is 13.2. The summed E-state index contributed by atoms with van der Waals surface area (Å²) >= 11 is 0. The number of imide groups is 1. The van der Waals surface area contributed by atoms with Gasteiger partial charge in [-0.3, -0.25) is 14.5 Å². The Morgan fingerprint density at radius 3 is 2.35 bits per heavy atom. The lowest BCUT2D eigenvalue weighted by Gasteiger charge is -2.27. The van der Waals surface area contributed by atoms with Gasteiger partial charge in [0.1, 0.15) is 30.6 Å². The molecule has 8 nitrogen and oxygen atoms in total. The number of ether oxygens (including phenoxy) is 2. The van der Waals surface area contributed by atoms with Crippen LogP contribution in [0.3, 0.4) is 0 Å². The van der Waals surface area contributed by atoms with Gasteiger partial charge in [0.2, 0.25) is 0 Å². The Hall–Kier alpha value is -5.42. The number of para-hydroxylation sites is 1. The van der Waals surface area contributed by atoms with Gasteiger partial charge >= 0.3 is 0 Å². The largest absolute Gasteiger partial charge is 0.486 e. The minimum absolute atomic E-state index is 0.0573. The Balaban J connectivity index is 1.49. The topological polar surface area (TPSA) is 97.5 Å². The lowest BCUT2D eigenvalue weighted by molar-refractivity contribution is -0.141. The van der Waals surface area contributed by atoms with Gasteiger partial charge in [0.05, 0.1) is 12.2 Å². The van der Waals surface area contributed by atoms with Gasteiger partial charge in [0, 0.05) is 22.9 Å². The number of aromatic nitrogens is 2. The molecule has 0 aliphatic carbocycles. The minimum Gasteiger partial charge on any atom is -0.486 e. The van der Waals surface area contributed by atoms with E-state index < -0.39 is 11.8 Å². The molecule has 196 valence electrons. The zero-order valence-corrected chi connectivity index (χ0v) is 21.7. The molecular weight excluding hydrogens is 504 g/mol. The number of amides is 2. The summed E-state index contributed by atoms with van der Waals surface area (Å²) in [6, 6.07) is 26.5. The molecule has 2 amide bonds. The quantitative estimate of drug-likeness (QED) is 0.264. The molecule has 8 heteroatoms. The summed E-state index contributed by atoms with van der Waals surface area (Å²) in [5.74, 6) is 0.212. The van der Waals surface area contributed by atoms with Crippen molar-refractivity contribution in [2.45, 2.75) is 13.5 Å². The van der Waals surface area contributed by atoms with Gasteiger partial charge in [0.15, 0.2) is 11.5 Å². The number of carbonyl (C=O) groups excluding carboxylic acids is 2. The zero-order valence-electron chi connectivity index (χ0n) is 21.7. The van der Waals surface area contributed by atoms with Crippen molar-refractivity contribution in [3.8, 4) is 34.5 Å². The summed E-state index contributed by atoms with van der Waals surface area (Å²) in [7, 11) is 0. The van der Waals surface area contributed by atoms with E-state index in [2.05, 4.69) is 0 Å². The van der Waals surface area contributed by atoms with Gasteiger partial charge in [-0.05, 0) is 54.5 Å². The number of carbonyl (C=O) groups is 2. The van der Waals surface area contributed by atoms with Crippen LogP contribution in [0.15, 0.2) is 102 Å². The van der Waals surface area contributed by atoms with E-state index in [1.165, 1.54) is 0 Å². The van der Waals surface area contributed by atoms with E-state index in [1.807, 2.05) is 91.1 Å². The first-order chi connectivity index (χ1) is 19.5. The van der Waals surface area contributed by atoms with E-state index in [4.69, 9.17) is 14.6 Å². The second-order valence-electron chi connectivity index (χ2n) is 9.42. The fourth-order valence-electron chi connectivity index (χ4n) is 4.82. The molecule has 0 saturated heterocycles. The Kier molecular flexibility index (Phi) is 6.46. The van der Waals surface area contributed by atoms with Crippen molar-refractivity contribution in [1.29, 1.82) is 5.26 Å². The highest BCUT2D eigenvalue weighted by Crippen LogP contribution is 2.37. The van der Waals surface area contributed by atoms with Crippen LogP contribution < -0.4 is 9.47 Å².